The lowest BCUT2D eigenvalue weighted by Crippen LogP contribution is -2.17. The predicted molar refractivity (Wildman–Crippen MR) is 120 cm³/mol. The smallest absolute Gasteiger partial charge is 0.234 e. The number of nitrogens with two attached hydrogens (primary N) is 1. The van der Waals surface area contributed by atoms with Gasteiger partial charge >= 0.3 is 0 Å². The number of hydrogen-bond donors (Lipinski definition) is 2. The van der Waals surface area contributed by atoms with Gasteiger partial charge in [0, 0.05) is 16.3 Å². The minimum atomic E-state index is -0.153. The highest BCUT2D eigenvalue weighted by molar-refractivity contribution is 7.99. The maximum absolute atomic E-state index is 12.3. The monoisotopic (exact) mass is 429 g/mol. The van der Waals surface area contributed by atoms with Crippen LogP contribution in [0.15, 0.2) is 47.6 Å². The van der Waals surface area contributed by atoms with Gasteiger partial charge in [0.15, 0.2) is 5.82 Å². The molecule has 6 nitrogen and oxygen atoms in total. The number of thioether (sulfide) groups is 1. The van der Waals surface area contributed by atoms with Crippen LogP contribution >= 0.6 is 23.4 Å². The SMILES string of the molecule is Cc1cc(Cl)ccc1NC(=O)CSc1nnc(-c2ccc(C(C)(C)C)cc2)n1N. The van der Waals surface area contributed by atoms with Gasteiger partial charge in [0.25, 0.3) is 0 Å². The van der Waals surface area contributed by atoms with Crippen molar-refractivity contribution in [3.05, 3.63) is 58.6 Å². The number of amides is 1. The summed E-state index contributed by atoms with van der Waals surface area (Å²) in [7, 11) is 0. The molecule has 1 aromatic heterocycles. The van der Waals surface area contributed by atoms with Crippen molar-refractivity contribution < 1.29 is 4.79 Å². The first-order chi connectivity index (χ1) is 13.6. The van der Waals surface area contributed by atoms with Gasteiger partial charge in [-0.3, -0.25) is 4.79 Å². The zero-order valence-corrected chi connectivity index (χ0v) is 18.4. The predicted octanol–water partition coefficient (Wildman–Crippen LogP) is 4.65. The molecule has 1 heterocycles. The highest BCUT2D eigenvalue weighted by Gasteiger charge is 2.17. The van der Waals surface area contributed by atoms with Gasteiger partial charge in [0.1, 0.15) is 0 Å². The molecule has 2 aromatic carbocycles. The Morgan fingerprint density at radius 1 is 1.17 bits per heavy atom. The molecule has 0 aliphatic rings. The fourth-order valence-corrected chi connectivity index (χ4v) is 3.66. The fourth-order valence-electron chi connectivity index (χ4n) is 2.78. The van der Waals surface area contributed by atoms with E-state index >= 15 is 0 Å². The molecule has 0 atom stereocenters. The maximum atomic E-state index is 12.3. The zero-order valence-electron chi connectivity index (χ0n) is 16.9. The van der Waals surface area contributed by atoms with Crippen molar-refractivity contribution in [3.63, 3.8) is 0 Å². The van der Waals surface area contributed by atoms with Crippen molar-refractivity contribution >= 4 is 35.0 Å². The van der Waals surface area contributed by atoms with Gasteiger partial charge in [-0.05, 0) is 41.7 Å². The number of rotatable bonds is 5. The Morgan fingerprint density at radius 3 is 2.48 bits per heavy atom. The zero-order chi connectivity index (χ0) is 21.2. The third kappa shape index (κ3) is 5.10. The molecule has 0 spiro atoms. The van der Waals surface area contributed by atoms with Crippen LogP contribution in [-0.4, -0.2) is 26.5 Å². The van der Waals surface area contributed by atoms with Gasteiger partial charge in [-0.25, -0.2) is 4.68 Å². The van der Waals surface area contributed by atoms with Crippen LogP contribution in [0.2, 0.25) is 5.02 Å². The third-order valence-electron chi connectivity index (χ3n) is 4.47. The highest BCUT2D eigenvalue weighted by atomic mass is 35.5. The number of halogens is 1. The molecule has 8 heteroatoms. The number of aromatic nitrogens is 3. The molecular weight excluding hydrogens is 406 g/mol. The lowest BCUT2D eigenvalue weighted by molar-refractivity contribution is -0.113. The van der Waals surface area contributed by atoms with E-state index in [2.05, 4.69) is 48.4 Å². The molecule has 0 saturated carbocycles. The molecule has 29 heavy (non-hydrogen) atoms. The van der Waals surface area contributed by atoms with Crippen LogP contribution in [0.3, 0.4) is 0 Å². The molecular formula is C21H24ClN5OS. The number of carbonyl (C=O) groups is 1. The van der Waals surface area contributed by atoms with Gasteiger partial charge in [-0.2, -0.15) is 0 Å². The van der Waals surface area contributed by atoms with Crippen LogP contribution in [0.5, 0.6) is 0 Å². The Morgan fingerprint density at radius 2 is 1.86 bits per heavy atom. The minimum absolute atomic E-state index is 0.0751. The molecule has 152 valence electrons. The van der Waals surface area contributed by atoms with Gasteiger partial charge < -0.3 is 11.2 Å². The normalized spacial score (nSPS) is 11.5. The summed E-state index contributed by atoms with van der Waals surface area (Å²) in [5.74, 6) is 6.73. The van der Waals surface area contributed by atoms with E-state index in [-0.39, 0.29) is 17.1 Å². The first kappa shape index (κ1) is 21.2. The number of aryl methyl sites for hydroxylation is 1. The number of nitrogen functional groups attached to an aromatic ring is 1. The van der Waals surface area contributed by atoms with Gasteiger partial charge in [-0.15, -0.1) is 10.2 Å². The Hall–Kier alpha value is -2.51. The molecule has 0 aliphatic carbocycles. The van der Waals surface area contributed by atoms with Crippen LogP contribution in [0, 0.1) is 6.92 Å². The maximum Gasteiger partial charge on any atom is 0.234 e. The van der Waals surface area contributed by atoms with Crippen molar-refractivity contribution in [2.45, 2.75) is 38.3 Å². The molecule has 0 aliphatic heterocycles. The number of hydrogen-bond acceptors (Lipinski definition) is 5. The van der Waals surface area contributed by atoms with E-state index in [1.54, 1.807) is 18.2 Å². The topological polar surface area (TPSA) is 85.8 Å². The first-order valence-electron chi connectivity index (χ1n) is 9.15. The second-order valence-electron chi connectivity index (χ2n) is 7.80. The van der Waals surface area contributed by atoms with Crippen LogP contribution in [0.4, 0.5) is 5.69 Å². The Kier molecular flexibility index (Phi) is 6.19. The van der Waals surface area contributed by atoms with E-state index in [0.29, 0.717) is 16.0 Å². The first-order valence-corrected chi connectivity index (χ1v) is 10.5. The van der Waals surface area contributed by atoms with Crippen molar-refractivity contribution in [1.29, 1.82) is 0 Å². The quantitative estimate of drug-likeness (QED) is 0.455. The average molecular weight is 430 g/mol. The van der Waals surface area contributed by atoms with E-state index in [9.17, 15) is 4.79 Å². The molecule has 1 amide bonds. The summed E-state index contributed by atoms with van der Waals surface area (Å²) in [6.45, 7) is 8.39. The Bertz CT molecular complexity index is 1020. The second-order valence-corrected chi connectivity index (χ2v) is 9.18. The van der Waals surface area contributed by atoms with Crippen molar-refractivity contribution in [2.24, 2.45) is 0 Å². The van der Waals surface area contributed by atoms with E-state index in [0.717, 1.165) is 16.8 Å². The van der Waals surface area contributed by atoms with Crippen molar-refractivity contribution in [1.82, 2.24) is 14.9 Å². The standard InChI is InChI=1S/C21H24ClN5OS/c1-13-11-16(22)9-10-17(13)24-18(28)12-29-20-26-25-19(27(20)23)14-5-7-15(8-6-14)21(2,3)4/h5-11H,12,23H2,1-4H3,(H,24,28). The molecule has 3 aromatic rings. The van der Waals surface area contributed by atoms with E-state index in [1.807, 2.05) is 19.1 Å². The lowest BCUT2D eigenvalue weighted by atomic mass is 9.87. The summed E-state index contributed by atoms with van der Waals surface area (Å²) in [6.07, 6.45) is 0. The summed E-state index contributed by atoms with van der Waals surface area (Å²) >= 11 is 7.18. The van der Waals surface area contributed by atoms with E-state index < -0.39 is 0 Å². The summed E-state index contributed by atoms with van der Waals surface area (Å²) in [5.41, 5.74) is 3.81. The summed E-state index contributed by atoms with van der Waals surface area (Å²) in [5, 5.41) is 12.3. The van der Waals surface area contributed by atoms with Gasteiger partial charge in [0.2, 0.25) is 11.1 Å². The largest absolute Gasteiger partial charge is 0.335 e. The lowest BCUT2D eigenvalue weighted by Gasteiger charge is -2.19. The van der Waals surface area contributed by atoms with Crippen LogP contribution in [-0.2, 0) is 10.2 Å². The number of nitrogens with zero attached hydrogens (tertiary/aromatic N) is 3. The summed E-state index contributed by atoms with van der Waals surface area (Å²) in [4.78, 5) is 12.3. The van der Waals surface area contributed by atoms with Crippen molar-refractivity contribution in [3.8, 4) is 11.4 Å². The fraction of sp³-hybridized carbons (Fsp3) is 0.286. The molecule has 0 bridgehead atoms. The van der Waals surface area contributed by atoms with E-state index in [4.69, 9.17) is 17.4 Å². The molecule has 3 N–H and O–H groups in total. The molecule has 0 saturated heterocycles. The summed E-state index contributed by atoms with van der Waals surface area (Å²) < 4.78 is 1.41. The van der Waals surface area contributed by atoms with E-state index in [1.165, 1.54) is 22.0 Å². The van der Waals surface area contributed by atoms with Gasteiger partial charge in [-0.1, -0.05) is 68.4 Å². The second kappa shape index (κ2) is 8.47. The number of nitrogens with one attached hydrogen (secondary N) is 1. The Balaban J connectivity index is 1.66. The molecule has 0 radical (unpaired) electrons. The minimum Gasteiger partial charge on any atom is -0.335 e. The number of benzene rings is 2. The molecule has 0 unspecified atom stereocenters. The molecule has 3 rings (SSSR count). The molecule has 0 fully saturated rings. The van der Waals surface area contributed by atoms with Crippen LogP contribution < -0.4 is 11.2 Å². The average Bonchev–Trinajstić information content (AvgIpc) is 3.02. The number of anilines is 1. The van der Waals surface area contributed by atoms with Crippen LogP contribution in [0.25, 0.3) is 11.4 Å². The third-order valence-corrected chi connectivity index (χ3v) is 5.65. The highest BCUT2D eigenvalue weighted by Crippen LogP contribution is 2.27. The van der Waals surface area contributed by atoms with Crippen molar-refractivity contribution in [2.75, 3.05) is 16.9 Å². The van der Waals surface area contributed by atoms with Crippen LogP contribution in [0.1, 0.15) is 31.9 Å². The Labute approximate surface area is 179 Å². The number of carbonyl (C=O) groups excluding carboxylic acids is 1. The summed E-state index contributed by atoms with van der Waals surface area (Å²) in [6, 6.07) is 13.4. The van der Waals surface area contributed by atoms with Gasteiger partial charge in [0.05, 0.1) is 5.75 Å².